The molecule has 3 rings (SSSR count). The topological polar surface area (TPSA) is 85.4 Å². The summed E-state index contributed by atoms with van der Waals surface area (Å²) in [5.74, 6) is -0.366. The van der Waals surface area contributed by atoms with Gasteiger partial charge in [0, 0.05) is 23.1 Å². The van der Waals surface area contributed by atoms with Crippen molar-refractivity contribution in [3.8, 4) is 0 Å². The van der Waals surface area contributed by atoms with E-state index in [0.29, 0.717) is 11.1 Å². The van der Waals surface area contributed by atoms with Crippen LogP contribution in [0.15, 0.2) is 46.9 Å². The summed E-state index contributed by atoms with van der Waals surface area (Å²) >= 11 is 5.98. The van der Waals surface area contributed by atoms with Crippen LogP contribution in [0.5, 0.6) is 0 Å². The van der Waals surface area contributed by atoms with Crippen molar-refractivity contribution in [2.75, 3.05) is 5.32 Å². The number of anilines is 1. The molecule has 0 spiro atoms. The van der Waals surface area contributed by atoms with E-state index in [1.54, 1.807) is 13.0 Å². The Morgan fingerprint density at radius 3 is 2.70 bits per heavy atom. The van der Waals surface area contributed by atoms with Gasteiger partial charge in [0.05, 0.1) is 15.6 Å². The highest BCUT2D eigenvalue weighted by atomic mass is 35.5. The maximum absolute atomic E-state index is 12.4. The largest absolute Gasteiger partial charge is 0.451 e. The van der Waals surface area contributed by atoms with Gasteiger partial charge in [0.1, 0.15) is 5.58 Å². The van der Waals surface area contributed by atoms with Gasteiger partial charge < -0.3 is 9.73 Å². The number of aryl methyl sites for hydroxylation is 1. The number of rotatable bonds is 3. The molecule has 3 aromatic rings. The van der Waals surface area contributed by atoms with Crippen LogP contribution in [0.2, 0.25) is 5.02 Å². The summed E-state index contributed by atoms with van der Waals surface area (Å²) < 4.78 is 5.56. The lowest BCUT2D eigenvalue weighted by atomic mass is 10.1. The predicted octanol–water partition coefficient (Wildman–Crippen LogP) is 4.56. The summed E-state index contributed by atoms with van der Waals surface area (Å²) in [6.07, 6.45) is 0. The van der Waals surface area contributed by atoms with E-state index in [1.807, 2.05) is 18.2 Å². The molecule has 23 heavy (non-hydrogen) atoms. The Kier molecular flexibility index (Phi) is 3.75. The van der Waals surface area contributed by atoms with Gasteiger partial charge in [0.25, 0.3) is 11.6 Å². The molecule has 0 fully saturated rings. The van der Waals surface area contributed by atoms with E-state index in [9.17, 15) is 14.9 Å². The Labute approximate surface area is 135 Å². The maximum atomic E-state index is 12.4. The molecule has 0 radical (unpaired) electrons. The van der Waals surface area contributed by atoms with Gasteiger partial charge in [-0.05, 0) is 19.1 Å². The van der Waals surface area contributed by atoms with Gasteiger partial charge in [-0.2, -0.15) is 0 Å². The Hall–Kier alpha value is -2.86. The van der Waals surface area contributed by atoms with Crippen LogP contribution < -0.4 is 5.32 Å². The molecule has 1 aromatic heterocycles. The number of benzene rings is 2. The third-order valence-electron chi connectivity index (χ3n) is 3.46. The van der Waals surface area contributed by atoms with Crippen LogP contribution in [0.25, 0.3) is 11.0 Å². The fourth-order valence-corrected chi connectivity index (χ4v) is 2.46. The molecule has 6 nitrogen and oxygen atoms in total. The van der Waals surface area contributed by atoms with Gasteiger partial charge >= 0.3 is 0 Å². The quantitative estimate of drug-likeness (QED) is 0.563. The number of nitro groups is 1. The van der Waals surface area contributed by atoms with E-state index < -0.39 is 10.8 Å². The summed E-state index contributed by atoms with van der Waals surface area (Å²) in [5, 5.41) is 14.4. The number of halogens is 1. The lowest BCUT2D eigenvalue weighted by Gasteiger charge is -2.06. The SMILES string of the molecule is Cc1c(C(=O)Nc2cc([N+](=O)[O-])ccc2Cl)oc2ccccc12. The average Bonchev–Trinajstić information content (AvgIpc) is 2.87. The lowest BCUT2D eigenvalue weighted by molar-refractivity contribution is -0.384. The number of carbonyl (C=O) groups is 1. The van der Waals surface area contributed by atoms with Crippen LogP contribution in [0.1, 0.15) is 16.1 Å². The van der Waals surface area contributed by atoms with Crippen LogP contribution >= 0.6 is 11.6 Å². The summed E-state index contributed by atoms with van der Waals surface area (Å²) in [6.45, 7) is 1.77. The van der Waals surface area contributed by atoms with E-state index in [2.05, 4.69) is 5.32 Å². The second-order valence-corrected chi connectivity index (χ2v) is 5.33. The third-order valence-corrected chi connectivity index (χ3v) is 3.79. The zero-order chi connectivity index (χ0) is 16.6. The van der Waals surface area contributed by atoms with E-state index in [4.69, 9.17) is 16.0 Å². The highest BCUT2D eigenvalue weighted by molar-refractivity contribution is 6.34. The Morgan fingerprint density at radius 1 is 1.26 bits per heavy atom. The van der Waals surface area contributed by atoms with Crippen LogP contribution in [0, 0.1) is 17.0 Å². The third kappa shape index (κ3) is 2.76. The molecule has 1 heterocycles. The molecule has 7 heteroatoms. The molecule has 0 unspecified atom stereocenters. The number of nitrogens with one attached hydrogen (secondary N) is 1. The highest BCUT2D eigenvalue weighted by Crippen LogP contribution is 2.29. The van der Waals surface area contributed by atoms with Crippen molar-refractivity contribution in [1.29, 1.82) is 0 Å². The highest BCUT2D eigenvalue weighted by Gasteiger charge is 2.19. The van der Waals surface area contributed by atoms with Gasteiger partial charge in [-0.25, -0.2) is 0 Å². The van der Waals surface area contributed by atoms with Crippen molar-refractivity contribution >= 4 is 39.9 Å². The van der Waals surface area contributed by atoms with Crippen molar-refractivity contribution < 1.29 is 14.1 Å². The Balaban J connectivity index is 1.96. The molecular weight excluding hydrogens is 320 g/mol. The number of amides is 1. The number of carbonyl (C=O) groups excluding carboxylic acids is 1. The standard InChI is InChI=1S/C16H11ClN2O4/c1-9-11-4-2-3-5-14(11)23-15(9)16(20)18-13-8-10(19(21)22)6-7-12(13)17/h2-8H,1H3,(H,18,20). The molecule has 0 atom stereocenters. The molecular formula is C16H11ClN2O4. The van der Waals surface area contributed by atoms with E-state index in [-0.39, 0.29) is 22.2 Å². The van der Waals surface area contributed by atoms with Crippen molar-refractivity contribution in [3.63, 3.8) is 0 Å². The molecule has 0 aliphatic rings. The summed E-state index contributed by atoms with van der Waals surface area (Å²) in [7, 11) is 0. The Bertz CT molecular complexity index is 933. The van der Waals surface area contributed by atoms with Gasteiger partial charge in [0.2, 0.25) is 0 Å². The van der Waals surface area contributed by atoms with E-state index in [0.717, 1.165) is 5.39 Å². The molecule has 116 valence electrons. The van der Waals surface area contributed by atoms with Crippen LogP contribution in [-0.2, 0) is 0 Å². The fraction of sp³-hybridized carbons (Fsp3) is 0.0625. The molecule has 0 aliphatic heterocycles. The molecule has 0 bridgehead atoms. The molecule has 2 aromatic carbocycles. The minimum atomic E-state index is -0.557. The fourth-order valence-electron chi connectivity index (χ4n) is 2.29. The van der Waals surface area contributed by atoms with Gasteiger partial charge in [-0.3, -0.25) is 14.9 Å². The number of hydrogen-bond donors (Lipinski definition) is 1. The number of para-hydroxylation sites is 1. The van der Waals surface area contributed by atoms with Crippen molar-refractivity contribution in [1.82, 2.24) is 0 Å². The molecule has 1 amide bonds. The monoisotopic (exact) mass is 330 g/mol. The van der Waals surface area contributed by atoms with E-state index in [1.165, 1.54) is 18.2 Å². The minimum Gasteiger partial charge on any atom is -0.451 e. The van der Waals surface area contributed by atoms with Crippen molar-refractivity contribution in [3.05, 3.63) is 68.9 Å². The first-order chi connectivity index (χ1) is 11.0. The predicted molar refractivity (Wildman–Crippen MR) is 87.0 cm³/mol. The minimum absolute atomic E-state index is 0.147. The summed E-state index contributed by atoms with van der Waals surface area (Å²) in [6, 6.07) is 11.1. The second kappa shape index (κ2) is 5.73. The number of nitro benzene ring substituents is 1. The second-order valence-electron chi connectivity index (χ2n) is 4.93. The average molecular weight is 331 g/mol. The van der Waals surface area contributed by atoms with Gasteiger partial charge in [-0.1, -0.05) is 29.8 Å². The zero-order valence-corrected chi connectivity index (χ0v) is 12.8. The molecule has 0 saturated carbocycles. The lowest BCUT2D eigenvalue weighted by Crippen LogP contribution is -2.12. The number of furan rings is 1. The molecule has 1 N–H and O–H groups in total. The van der Waals surface area contributed by atoms with Crippen molar-refractivity contribution in [2.24, 2.45) is 0 Å². The Morgan fingerprint density at radius 2 is 2.00 bits per heavy atom. The number of nitrogens with zero attached hydrogens (tertiary/aromatic N) is 1. The van der Waals surface area contributed by atoms with Gasteiger partial charge in [0.15, 0.2) is 5.76 Å². The maximum Gasteiger partial charge on any atom is 0.291 e. The smallest absolute Gasteiger partial charge is 0.291 e. The first kappa shape index (κ1) is 15.1. The number of hydrogen-bond acceptors (Lipinski definition) is 4. The van der Waals surface area contributed by atoms with Crippen molar-refractivity contribution in [2.45, 2.75) is 6.92 Å². The molecule has 0 aliphatic carbocycles. The first-order valence-electron chi connectivity index (χ1n) is 6.71. The zero-order valence-electron chi connectivity index (χ0n) is 12.0. The van der Waals surface area contributed by atoms with Crippen LogP contribution in [0.3, 0.4) is 0 Å². The number of non-ortho nitro benzene ring substituents is 1. The number of fused-ring (bicyclic) bond motifs is 1. The molecule has 0 saturated heterocycles. The summed E-state index contributed by atoms with van der Waals surface area (Å²) in [5.41, 5.74) is 1.29. The van der Waals surface area contributed by atoms with E-state index >= 15 is 0 Å². The normalized spacial score (nSPS) is 10.7. The van der Waals surface area contributed by atoms with Gasteiger partial charge in [-0.15, -0.1) is 0 Å². The van der Waals surface area contributed by atoms with Crippen LogP contribution in [-0.4, -0.2) is 10.8 Å². The summed E-state index contributed by atoms with van der Waals surface area (Å²) in [4.78, 5) is 22.7. The van der Waals surface area contributed by atoms with Crippen LogP contribution in [0.4, 0.5) is 11.4 Å². The first-order valence-corrected chi connectivity index (χ1v) is 7.08.